The lowest BCUT2D eigenvalue weighted by Crippen LogP contribution is -2.43. The van der Waals surface area contributed by atoms with Crippen molar-refractivity contribution in [2.45, 2.75) is 26.0 Å². The summed E-state index contributed by atoms with van der Waals surface area (Å²) in [5.74, 6) is -1.39. The zero-order valence-electron chi connectivity index (χ0n) is 10.3. The van der Waals surface area contributed by atoms with E-state index in [-0.39, 0.29) is 18.9 Å². The van der Waals surface area contributed by atoms with Crippen LogP contribution in [0.25, 0.3) is 0 Å². The summed E-state index contributed by atoms with van der Waals surface area (Å²) in [6.45, 7) is 1.95. The molecule has 5 nitrogen and oxygen atoms in total. The van der Waals surface area contributed by atoms with Gasteiger partial charge in [-0.2, -0.15) is 0 Å². The highest BCUT2D eigenvalue weighted by Crippen LogP contribution is 2.01. The minimum absolute atomic E-state index is 0.0457. The van der Waals surface area contributed by atoms with Crippen LogP contribution < -0.4 is 5.32 Å². The van der Waals surface area contributed by atoms with Crippen molar-refractivity contribution in [2.24, 2.45) is 0 Å². The Morgan fingerprint density at radius 3 is 2.56 bits per heavy atom. The van der Waals surface area contributed by atoms with Crippen LogP contribution in [0.5, 0.6) is 0 Å². The first-order chi connectivity index (χ1) is 8.63. The van der Waals surface area contributed by atoms with Crippen molar-refractivity contribution in [1.82, 2.24) is 5.32 Å². The summed E-state index contributed by atoms with van der Waals surface area (Å²) < 4.78 is 5.29. The van der Waals surface area contributed by atoms with E-state index >= 15 is 0 Å². The zero-order chi connectivity index (χ0) is 13.4. The third-order valence-electron chi connectivity index (χ3n) is 2.35. The quantitative estimate of drug-likeness (QED) is 0.763. The van der Waals surface area contributed by atoms with Crippen LogP contribution in [0.15, 0.2) is 30.3 Å². The van der Waals surface area contributed by atoms with E-state index in [0.717, 1.165) is 5.56 Å². The van der Waals surface area contributed by atoms with Crippen molar-refractivity contribution in [3.8, 4) is 0 Å². The van der Waals surface area contributed by atoms with Gasteiger partial charge in [-0.3, -0.25) is 4.79 Å². The van der Waals surface area contributed by atoms with Gasteiger partial charge in [-0.1, -0.05) is 37.3 Å². The van der Waals surface area contributed by atoms with E-state index in [1.165, 1.54) is 0 Å². The second-order valence-electron chi connectivity index (χ2n) is 3.81. The number of carboxylic acids is 1. The van der Waals surface area contributed by atoms with Crippen molar-refractivity contribution in [1.29, 1.82) is 0 Å². The van der Waals surface area contributed by atoms with Gasteiger partial charge in [0.15, 0.2) is 6.04 Å². The van der Waals surface area contributed by atoms with Gasteiger partial charge in [0.2, 0.25) is 5.91 Å². The van der Waals surface area contributed by atoms with Crippen LogP contribution in [0, 0.1) is 0 Å². The van der Waals surface area contributed by atoms with Gasteiger partial charge >= 0.3 is 5.97 Å². The minimum Gasteiger partial charge on any atom is -0.480 e. The molecule has 0 aliphatic rings. The Morgan fingerprint density at radius 2 is 2.00 bits per heavy atom. The SMILES string of the molecule is CCC(=O)N[C@H](COCc1ccccc1)C(=O)O. The van der Waals surface area contributed by atoms with Gasteiger partial charge in [0.1, 0.15) is 0 Å². The van der Waals surface area contributed by atoms with E-state index in [1.807, 2.05) is 30.3 Å². The molecule has 98 valence electrons. The van der Waals surface area contributed by atoms with Crippen molar-refractivity contribution in [3.05, 3.63) is 35.9 Å². The molecule has 0 aliphatic heterocycles. The summed E-state index contributed by atoms with van der Waals surface area (Å²) >= 11 is 0. The molecule has 0 heterocycles. The standard InChI is InChI=1S/C13H17NO4/c1-2-12(15)14-11(13(16)17)9-18-8-10-6-4-3-5-7-10/h3-7,11H,2,8-9H2,1H3,(H,14,15)(H,16,17)/t11-/m1/s1. The van der Waals surface area contributed by atoms with Gasteiger partial charge in [0, 0.05) is 6.42 Å². The number of amides is 1. The maximum absolute atomic E-state index is 11.1. The Bertz CT molecular complexity index is 391. The number of hydrogen-bond acceptors (Lipinski definition) is 3. The molecule has 0 bridgehead atoms. The normalized spacial score (nSPS) is 11.8. The summed E-state index contributed by atoms with van der Waals surface area (Å²) in [5.41, 5.74) is 0.962. The predicted molar refractivity (Wildman–Crippen MR) is 66.0 cm³/mol. The summed E-state index contributed by atoms with van der Waals surface area (Å²) in [5, 5.41) is 11.3. The number of hydrogen-bond donors (Lipinski definition) is 2. The third-order valence-corrected chi connectivity index (χ3v) is 2.35. The van der Waals surface area contributed by atoms with E-state index in [1.54, 1.807) is 6.92 Å². The molecule has 0 unspecified atom stereocenters. The highest BCUT2D eigenvalue weighted by molar-refractivity contribution is 5.83. The molecule has 1 atom stereocenters. The maximum atomic E-state index is 11.1. The van der Waals surface area contributed by atoms with E-state index in [2.05, 4.69) is 5.32 Å². The average molecular weight is 251 g/mol. The molecular weight excluding hydrogens is 234 g/mol. The van der Waals surface area contributed by atoms with E-state index < -0.39 is 12.0 Å². The predicted octanol–water partition coefficient (Wildman–Crippen LogP) is 1.18. The summed E-state index contributed by atoms with van der Waals surface area (Å²) in [6, 6.07) is 8.44. The third kappa shape index (κ3) is 4.97. The van der Waals surface area contributed by atoms with Gasteiger partial charge in [0.05, 0.1) is 13.2 Å². The highest BCUT2D eigenvalue weighted by Gasteiger charge is 2.19. The Hall–Kier alpha value is -1.88. The van der Waals surface area contributed by atoms with Crippen molar-refractivity contribution in [2.75, 3.05) is 6.61 Å². The monoisotopic (exact) mass is 251 g/mol. The molecule has 1 rings (SSSR count). The molecule has 1 amide bonds. The van der Waals surface area contributed by atoms with Gasteiger partial charge < -0.3 is 15.2 Å². The molecule has 18 heavy (non-hydrogen) atoms. The Kier molecular flexibility index (Phi) is 5.87. The first-order valence-corrected chi connectivity index (χ1v) is 5.77. The largest absolute Gasteiger partial charge is 0.480 e. The Balaban J connectivity index is 2.38. The van der Waals surface area contributed by atoms with E-state index in [4.69, 9.17) is 9.84 Å². The van der Waals surface area contributed by atoms with Gasteiger partial charge in [0.25, 0.3) is 0 Å². The number of carboxylic acid groups (broad SMARTS) is 1. The molecule has 0 fully saturated rings. The molecule has 5 heteroatoms. The van der Waals surface area contributed by atoms with Crippen LogP contribution in [-0.4, -0.2) is 29.6 Å². The number of benzene rings is 1. The summed E-state index contributed by atoms with van der Waals surface area (Å²) in [6.07, 6.45) is 0.252. The smallest absolute Gasteiger partial charge is 0.328 e. The number of rotatable bonds is 7. The first kappa shape index (κ1) is 14.2. The first-order valence-electron chi connectivity index (χ1n) is 5.77. The van der Waals surface area contributed by atoms with Crippen LogP contribution in [0.1, 0.15) is 18.9 Å². The molecule has 0 aromatic heterocycles. The number of aliphatic carboxylic acids is 1. The van der Waals surface area contributed by atoms with Crippen LogP contribution in [0.2, 0.25) is 0 Å². The Labute approximate surface area is 106 Å². The average Bonchev–Trinajstić information content (AvgIpc) is 2.38. The minimum atomic E-state index is -1.09. The topological polar surface area (TPSA) is 75.6 Å². The molecule has 0 radical (unpaired) electrons. The van der Waals surface area contributed by atoms with E-state index in [9.17, 15) is 9.59 Å². The molecule has 0 saturated heterocycles. The fourth-order valence-corrected chi connectivity index (χ4v) is 1.34. The number of nitrogens with one attached hydrogen (secondary N) is 1. The van der Waals surface area contributed by atoms with Crippen LogP contribution >= 0.6 is 0 Å². The van der Waals surface area contributed by atoms with Crippen molar-refractivity contribution in [3.63, 3.8) is 0 Å². The van der Waals surface area contributed by atoms with Gasteiger partial charge in [-0.15, -0.1) is 0 Å². The van der Waals surface area contributed by atoms with Crippen molar-refractivity contribution < 1.29 is 19.4 Å². The van der Waals surface area contributed by atoms with Crippen LogP contribution in [-0.2, 0) is 20.9 Å². The lowest BCUT2D eigenvalue weighted by molar-refractivity contribution is -0.143. The number of carbonyl (C=O) groups is 2. The fourth-order valence-electron chi connectivity index (χ4n) is 1.34. The van der Waals surface area contributed by atoms with Gasteiger partial charge in [-0.05, 0) is 5.56 Å². The maximum Gasteiger partial charge on any atom is 0.328 e. The zero-order valence-corrected chi connectivity index (χ0v) is 10.3. The molecule has 0 aliphatic carbocycles. The molecule has 2 N–H and O–H groups in total. The summed E-state index contributed by atoms with van der Waals surface area (Å²) in [4.78, 5) is 22.0. The molecule has 1 aromatic rings. The molecule has 0 saturated carbocycles. The highest BCUT2D eigenvalue weighted by atomic mass is 16.5. The second kappa shape index (κ2) is 7.45. The van der Waals surface area contributed by atoms with Crippen LogP contribution in [0.4, 0.5) is 0 Å². The lowest BCUT2D eigenvalue weighted by atomic mass is 10.2. The van der Waals surface area contributed by atoms with E-state index in [0.29, 0.717) is 6.61 Å². The lowest BCUT2D eigenvalue weighted by Gasteiger charge is -2.14. The van der Waals surface area contributed by atoms with Crippen molar-refractivity contribution >= 4 is 11.9 Å². The molecule has 0 spiro atoms. The summed E-state index contributed by atoms with van der Waals surface area (Å²) in [7, 11) is 0. The number of ether oxygens (including phenoxy) is 1. The van der Waals surface area contributed by atoms with Crippen LogP contribution in [0.3, 0.4) is 0 Å². The molecule has 1 aromatic carbocycles. The second-order valence-corrected chi connectivity index (χ2v) is 3.81. The number of carbonyl (C=O) groups excluding carboxylic acids is 1. The van der Waals surface area contributed by atoms with Gasteiger partial charge in [-0.25, -0.2) is 4.79 Å². The molecular formula is C13H17NO4. The fraction of sp³-hybridized carbons (Fsp3) is 0.385. The Morgan fingerprint density at radius 1 is 1.33 bits per heavy atom.